The van der Waals surface area contributed by atoms with E-state index < -0.39 is 0 Å². The maximum absolute atomic E-state index is 11.9. The van der Waals surface area contributed by atoms with Gasteiger partial charge in [0.2, 0.25) is 0 Å². The molecule has 0 fully saturated rings. The molecular weight excluding hydrogens is 347 g/mol. The van der Waals surface area contributed by atoms with Crippen LogP contribution in [0.4, 0.5) is 0 Å². The van der Waals surface area contributed by atoms with Gasteiger partial charge in [-0.05, 0) is 49.2 Å². The Balaban J connectivity index is 2.14. The molecule has 0 bridgehead atoms. The molecule has 0 aliphatic heterocycles. The Kier molecular flexibility index (Phi) is 4.52. The second-order valence-corrected chi connectivity index (χ2v) is 6.48. The molecule has 0 saturated heterocycles. The zero-order valence-electron chi connectivity index (χ0n) is 13.6. The van der Waals surface area contributed by atoms with Crippen LogP contribution in [0.3, 0.4) is 0 Å². The molecule has 0 spiro atoms. The van der Waals surface area contributed by atoms with E-state index in [2.05, 4.69) is 4.98 Å². The largest absolute Gasteiger partial charge is 0.465 e. The summed E-state index contributed by atoms with van der Waals surface area (Å²) in [6, 6.07) is 9.02. The fourth-order valence-electron chi connectivity index (χ4n) is 2.76. The van der Waals surface area contributed by atoms with Crippen molar-refractivity contribution < 1.29 is 9.53 Å². The van der Waals surface area contributed by atoms with E-state index in [9.17, 15) is 4.79 Å². The zero-order chi connectivity index (χ0) is 17.4. The van der Waals surface area contributed by atoms with Gasteiger partial charge in [0.15, 0.2) is 0 Å². The maximum Gasteiger partial charge on any atom is 0.337 e. The summed E-state index contributed by atoms with van der Waals surface area (Å²) in [6.45, 7) is 4.41. The van der Waals surface area contributed by atoms with Crippen LogP contribution in [0.15, 0.2) is 30.3 Å². The summed E-state index contributed by atoms with van der Waals surface area (Å²) >= 11 is 12.3. The third kappa shape index (κ3) is 2.99. The fraction of sp³-hybridized carbons (Fsp3) is 0.222. The summed E-state index contributed by atoms with van der Waals surface area (Å²) in [5.41, 5.74) is 4.11. The van der Waals surface area contributed by atoms with E-state index in [-0.39, 0.29) is 5.97 Å². The number of methoxy groups -OCH3 is 1. The highest BCUT2D eigenvalue weighted by atomic mass is 35.5. The fourth-order valence-corrected chi connectivity index (χ4v) is 3.23. The van der Waals surface area contributed by atoms with E-state index in [1.807, 2.05) is 30.5 Å². The highest BCUT2D eigenvalue weighted by Gasteiger charge is 2.15. The first-order chi connectivity index (χ1) is 11.4. The number of imidazole rings is 1. The number of halogens is 2. The van der Waals surface area contributed by atoms with Gasteiger partial charge in [-0.1, -0.05) is 29.3 Å². The number of aromatic nitrogens is 2. The molecule has 0 unspecified atom stereocenters. The molecule has 1 heterocycles. The highest BCUT2D eigenvalue weighted by molar-refractivity contribution is 6.35. The summed E-state index contributed by atoms with van der Waals surface area (Å²) in [6.07, 6.45) is 0. The molecule has 6 heteroatoms. The van der Waals surface area contributed by atoms with Gasteiger partial charge in [-0.3, -0.25) is 0 Å². The lowest BCUT2D eigenvalue weighted by Crippen LogP contribution is -2.05. The minimum Gasteiger partial charge on any atom is -0.465 e. The molecule has 3 aromatic rings. The molecule has 2 aromatic carbocycles. The Labute approximate surface area is 150 Å². The quantitative estimate of drug-likeness (QED) is 0.628. The van der Waals surface area contributed by atoms with E-state index in [0.717, 1.165) is 28.0 Å². The van der Waals surface area contributed by atoms with Gasteiger partial charge in [0.05, 0.1) is 30.3 Å². The van der Waals surface area contributed by atoms with Crippen molar-refractivity contribution in [2.24, 2.45) is 0 Å². The molecule has 0 N–H and O–H groups in total. The second kappa shape index (κ2) is 6.46. The van der Waals surface area contributed by atoms with Crippen LogP contribution in [0, 0.1) is 13.8 Å². The predicted molar refractivity (Wildman–Crippen MR) is 96.1 cm³/mol. The van der Waals surface area contributed by atoms with Gasteiger partial charge in [0.25, 0.3) is 0 Å². The lowest BCUT2D eigenvalue weighted by Gasteiger charge is -2.10. The molecule has 1 aromatic heterocycles. The number of fused-ring (bicyclic) bond motifs is 1. The number of hydrogen-bond donors (Lipinski definition) is 0. The van der Waals surface area contributed by atoms with Gasteiger partial charge in [0.1, 0.15) is 5.82 Å². The van der Waals surface area contributed by atoms with Crippen LogP contribution in [0.5, 0.6) is 0 Å². The number of nitrogens with zero attached hydrogens (tertiary/aromatic N) is 2. The number of hydrogen-bond acceptors (Lipinski definition) is 3. The minimum absolute atomic E-state index is 0.366. The minimum atomic E-state index is -0.366. The van der Waals surface area contributed by atoms with Crippen molar-refractivity contribution in [2.45, 2.75) is 20.4 Å². The Morgan fingerprint density at radius 3 is 2.62 bits per heavy atom. The number of aryl methyl sites for hydroxylation is 2. The van der Waals surface area contributed by atoms with Crippen LogP contribution in [0.25, 0.3) is 11.0 Å². The number of rotatable bonds is 3. The lowest BCUT2D eigenvalue weighted by atomic mass is 10.1. The molecule has 0 amide bonds. The lowest BCUT2D eigenvalue weighted by molar-refractivity contribution is 0.0601. The molecule has 0 aliphatic carbocycles. The zero-order valence-corrected chi connectivity index (χ0v) is 15.1. The van der Waals surface area contributed by atoms with Crippen molar-refractivity contribution in [3.8, 4) is 0 Å². The standard InChI is InChI=1S/C18H16Cl2N2O2/c1-10-6-13(18(23)24-3)7-16-17(10)21-11(2)22(16)9-12-4-5-14(19)8-15(12)20/h4-8H,9H2,1-3H3. The van der Waals surface area contributed by atoms with Crippen molar-refractivity contribution in [2.75, 3.05) is 7.11 Å². The number of benzene rings is 2. The SMILES string of the molecule is COC(=O)c1cc(C)c2nc(C)n(Cc3ccc(Cl)cc3Cl)c2c1. The third-order valence-electron chi connectivity index (χ3n) is 4.00. The molecule has 4 nitrogen and oxygen atoms in total. The van der Waals surface area contributed by atoms with Crippen LogP contribution in [0.2, 0.25) is 10.0 Å². The monoisotopic (exact) mass is 362 g/mol. The van der Waals surface area contributed by atoms with E-state index >= 15 is 0 Å². The van der Waals surface area contributed by atoms with Crippen molar-refractivity contribution in [1.29, 1.82) is 0 Å². The van der Waals surface area contributed by atoms with Gasteiger partial charge in [-0.2, -0.15) is 0 Å². The number of carbonyl (C=O) groups excluding carboxylic acids is 1. The molecule has 0 radical (unpaired) electrons. The summed E-state index contributed by atoms with van der Waals surface area (Å²) < 4.78 is 6.86. The van der Waals surface area contributed by atoms with Gasteiger partial charge < -0.3 is 9.30 Å². The van der Waals surface area contributed by atoms with Crippen molar-refractivity contribution in [3.05, 3.63) is 62.9 Å². The van der Waals surface area contributed by atoms with Crippen LogP contribution in [-0.2, 0) is 11.3 Å². The maximum atomic E-state index is 11.9. The number of esters is 1. The average Bonchev–Trinajstić information content (AvgIpc) is 2.86. The second-order valence-electron chi connectivity index (χ2n) is 5.63. The Morgan fingerprint density at radius 2 is 1.96 bits per heavy atom. The van der Waals surface area contributed by atoms with Crippen molar-refractivity contribution in [3.63, 3.8) is 0 Å². The van der Waals surface area contributed by atoms with E-state index in [4.69, 9.17) is 27.9 Å². The summed E-state index contributed by atoms with van der Waals surface area (Å²) in [5, 5.41) is 1.20. The number of carbonyl (C=O) groups is 1. The summed E-state index contributed by atoms with van der Waals surface area (Å²) in [5.74, 6) is 0.482. The van der Waals surface area contributed by atoms with Crippen LogP contribution >= 0.6 is 23.2 Å². The third-order valence-corrected chi connectivity index (χ3v) is 4.59. The van der Waals surface area contributed by atoms with Crippen LogP contribution in [-0.4, -0.2) is 22.6 Å². The van der Waals surface area contributed by atoms with Gasteiger partial charge in [-0.15, -0.1) is 0 Å². The molecule has 24 heavy (non-hydrogen) atoms. The first kappa shape index (κ1) is 16.8. The first-order valence-corrected chi connectivity index (χ1v) is 8.16. The van der Waals surface area contributed by atoms with Crippen molar-refractivity contribution >= 4 is 40.2 Å². The smallest absolute Gasteiger partial charge is 0.337 e. The molecule has 124 valence electrons. The Morgan fingerprint density at radius 1 is 1.21 bits per heavy atom. The highest BCUT2D eigenvalue weighted by Crippen LogP contribution is 2.26. The molecule has 0 saturated carbocycles. The Hall–Kier alpha value is -2.04. The van der Waals surface area contributed by atoms with Crippen LogP contribution in [0.1, 0.15) is 27.3 Å². The van der Waals surface area contributed by atoms with Crippen LogP contribution < -0.4 is 0 Å². The topological polar surface area (TPSA) is 44.1 Å². The summed E-state index contributed by atoms with van der Waals surface area (Å²) in [7, 11) is 1.37. The van der Waals surface area contributed by atoms with Gasteiger partial charge in [0, 0.05) is 10.0 Å². The summed E-state index contributed by atoms with van der Waals surface area (Å²) in [4.78, 5) is 16.5. The Bertz CT molecular complexity index is 948. The predicted octanol–water partition coefficient (Wildman–Crippen LogP) is 4.79. The molecule has 3 rings (SSSR count). The molecular formula is C18H16Cl2N2O2. The van der Waals surface area contributed by atoms with Crippen molar-refractivity contribution in [1.82, 2.24) is 9.55 Å². The van der Waals surface area contributed by atoms with Gasteiger partial charge >= 0.3 is 5.97 Å². The first-order valence-electron chi connectivity index (χ1n) is 7.40. The normalized spacial score (nSPS) is 11.0. The van der Waals surface area contributed by atoms with Gasteiger partial charge in [-0.25, -0.2) is 9.78 Å². The number of ether oxygens (including phenoxy) is 1. The van der Waals surface area contributed by atoms with E-state index in [0.29, 0.717) is 22.2 Å². The van der Waals surface area contributed by atoms with E-state index in [1.165, 1.54) is 7.11 Å². The van der Waals surface area contributed by atoms with E-state index in [1.54, 1.807) is 18.2 Å². The average molecular weight is 363 g/mol. The molecule has 0 aliphatic rings. The molecule has 0 atom stereocenters.